The van der Waals surface area contributed by atoms with E-state index in [1.807, 2.05) is 71.6 Å². The average Bonchev–Trinajstić information content (AvgIpc) is 3.52. The number of carbonyl (C=O) groups is 1. The minimum atomic E-state index is 0.0157. The Morgan fingerprint density at radius 2 is 1.87 bits per heavy atom. The molecule has 1 saturated heterocycles. The Kier molecular flexibility index (Phi) is 5.95. The molecule has 2 aromatic heterocycles. The van der Waals surface area contributed by atoms with Gasteiger partial charge >= 0.3 is 0 Å². The zero-order valence-corrected chi connectivity index (χ0v) is 18.4. The van der Waals surface area contributed by atoms with E-state index in [1.165, 1.54) is 23.5 Å². The van der Waals surface area contributed by atoms with Gasteiger partial charge in [-0.15, -0.1) is 0 Å². The summed E-state index contributed by atoms with van der Waals surface area (Å²) in [6.07, 6.45) is 7.95. The van der Waals surface area contributed by atoms with Gasteiger partial charge in [0.25, 0.3) is 5.91 Å². The first-order chi connectivity index (χ1) is 15.3. The summed E-state index contributed by atoms with van der Waals surface area (Å²) in [4.78, 5) is 24.9. The first-order valence-electron chi connectivity index (χ1n) is 10.3. The number of thioether (sulfide) groups is 1. The summed E-state index contributed by atoms with van der Waals surface area (Å²) in [7, 11) is 0. The van der Waals surface area contributed by atoms with Crippen molar-refractivity contribution in [2.24, 2.45) is 4.99 Å². The van der Waals surface area contributed by atoms with Crippen molar-refractivity contribution in [3.8, 4) is 0 Å². The van der Waals surface area contributed by atoms with Crippen LogP contribution >= 0.6 is 23.5 Å². The van der Waals surface area contributed by atoms with E-state index in [2.05, 4.69) is 4.98 Å². The van der Waals surface area contributed by atoms with Crippen LogP contribution in [0.3, 0.4) is 0 Å². The summed E-state index contributed by atoms with van der Waals surface area (Å²) in [5.41, 5.74) is 0.856. The maximum atomic E-state index is 13.3. The molecule has 1 saturated carbocycles. The molecule has 0 bridgehead atoms. The maximum absolute atomic E-state index is 13.3. The molecule has 7 heteroatoms. The second-order valence-corrected chi connectivity index (χ2v) is 9.41. The molecule has 5 rings (SSSR count). The van der Waals surface area contributed by atoms with Gasteiger partial charge in [0.05, 0.1) is 10.6 Å². The molecular formula is C24H21N3O2S2. The number of aromatic nitrogens is 1. The van der Waals surface area contributed by atoms with Crippen molar-refractivity contribution in [3.63, 3.8) is 0 Å². The molecule has 0 unspecified atom stereocenters. The zero-order chi connectivity index (χ0) is 21.0. The topological polar surface area (TPSA) is 58.7 Å². The maximum Gasteiger partial charge on any atom is 0.267 e. The van der Waals surface area contributed by atoms with E-state index in [1.54, 1.807) is 6.20 Å². The van der Waals surface area contributed by atoms with Gasteiger partial charge in [-0.05, 0) is 72.8 Å². The van der Waals surface area contributed by atoms with Crippen LogP contribution in [0.1, 0.15) is 31.4 Å². The third-order valence-corrected chi connectivity index (χ3v) is 7.08. The van der Waals surface area contributed by atoms with Gasteiger partial charge in [-0.2, -0.15) is 0 Å². The minimum absolute atomic E-state index is 0.0157. The summed E-state index contributed by atoms with van der Waals surface area (Å²) < 4.78 is 5.93. The summed E-state index contributed by atoms with van der Waals surface area (Å²) in [5.74, 6) is 0.670. The molecule has 1 amide bonds. The number of para-hydroxylation sites is 1. The van der Waals surface area contributed by atoms with Crippen molar-refractivity contribution in [2.45, 2.75) is 41.8 Å². The highest BCUT2D eigenvalue weighted by molar-refractivity contribution is 8.18. The lowest BCUT2D eigenvalue weighted by Crippen LogP contribution is -2.37. The molecule has 3 heterocycles. The normalized spacial score (nSPS) is 19.7. The van der Waals surface area contributed by atoms with Gasteiger partial charge in [-0.3, -0.25) is 9.69 Å². The van der Waals surface area contributed by atoms with Crippen LogP contribution in [-0.4, -0.2) is 27.0 Å². The van der Waals surface area contributed by atoms with Crippen LogP contribution in [0, 0.1) is 0 Å². The molecule has 0 N–H and O–H groups in total. The van der Waals surface area contributed by atoms with Gasteiger partial charge in [0.2, 0.25) is 0 Å². The fraction of sp³-hybridized carbons (Fsp3) is 0.208. The molecule has 1 aliphatic heterocycles. The summed E-state index contributed by atoms with van der Waals surface area (Å²) in [5, 5.41) is 2.36. The Hall–Kier alpha value is -2.77. The van der Waals surface area contributed by atoms with Crippen LogP contribution in [-0.2, 0) is 4.79 Å². The Balaban J connectivity index is 1.41. The van der Waals surface area contributed by atoms with Crippen molar-refractivity contribution in [1.82, 2.24) is 9.88 Å². The highest BCUT2D eigenvalue weighted by atomic mass is 32.2. The van der Waals surface area contributed by atoms with Crippen LogP contribution in [0.5, 0.6) is 0 Å². The molecule has 0 spiro atoms. The monoisotopic (exact) mass is 447 g/mol. The van der Waals surface area contributed by atoms with Crippen molar-refractivity contribution in [2.75, 3.05) is 0 Å². The zero-order valence-electron chi connectivity index (χ0n) is 16.8. The van der Waals surface area contributed by atoms with Gasteiger partial charge in [0.1, 0.15) is 10.8 Å². The van der Waals surface area contributed by atoms with Gasteiger partial charge < -0.3 is 4.42 Å². The van der Waals surface area contributed by atoms with Crippen LogP contribution in [0.4, 0.5) is 5.69 Å². The number of hydrogen-bond donors (Lipinski definition) is 0. The van der Waals surface area contributed by atoms with Crippen LogP contribution in [0.25, 0.3) is 6.08 Å². The van der Waals surface area contributed by atoms with Crippen LogP contribution < -0.4 is 0 Å². The highest BCUT2D eigenvalue weighted by Crippen LogP contribution is 2.39. The number of aliphatic imine (C=N–C) groups is 1. The van der Waals surface area contributed by atoms with Gasteiger partial charge in [-0.25, -0.2) is 9.98 Å². The van der Waals surface area contributed by atoms with Crippen molar-refractivity contribution in [3.05, 3.63) is 77.5 Å². The van der Waals surface area contributed by atoms with Gasteiger partial charge in [0.15, 0.2) is 10.3 Å². The second-order valence-electron chi connectivity index (χ2n) is 7.38. The smallest absolute Gasteiger partial charge is 0.267 e. The van der Waals surface area contributed by atoms with E-state index < -0.39 is 0 Å². The predicted molar refractivity (Wildman–Crippen MR) is 125 cm³/mol. The van der Waals surface area contributed by atoms with E-state index in [4.69, 9.17) is 9.41 Å². The molecule has 0 atom stereocenters. The molecule has 0 radical (unpaired) electrons. The van der Waals surface area contributed by atoms with E-state index in [-0.39, 0.29) is 11.9 Å². The molecule has 1 aliphatic carbocycles. The third-order valence-electron chi connectivity index (χ3n) is 5.23. The van der Waals surface area contributed by atoms with Crippen molar-refractivity contribution < 1.29 is 9.21 Å². The highest BCUT2D eigenvalue weighted by Gasteiger charge is 2.39. The summed E-state index contributed by atoms with van der Waals surface area (Å²) in [6.45, 7) is 0. The lowest BCUT2D eigenvalue weighted by molar-refractivity contribution is -0.123. The first-order valence-corrected chi connectivity index (χ1v) is 12.0. The second kappa shape index (κ2) is 9.16. The fourth-order valence-corrected chi connectivity index (χ4v) is 5.55. The number of carbonyl (C=O) groups excluding carboxylic acids is 1. The number of benzene rings is 1. The largest absolute Gasteiger partial charge is 0.450 e. The van der Waals surface area contributed by atoms with Crippen molar-refractivity contribution in [1.29, 1.82) is 0 Å². The molecule has 3 aromatic rings. The Labute approximate surface area is 189 Å². The van der Waals surface area contributed by atoms with Crippen molar-refractivity contribution >= 4 is 46.4 Å². The van der Waals surface area contributed by atoms with E-state index >= 15 is 0 Å². The lowest BCUT2D eigenvalue weighted by Gasteiger charge is -2.22. The number of amidine groups is 1. The number of nitrogens with zero attached hydrogens (tertiary/aromatic N) is 3. The number of rotatable bonds is 5. The van der Waals surface area contributed by atoms with E-state index in [9.17, 15) is 4.79 Å². The molecule has 5 nitrogen and oxygen atoms in total. The lowest BCUT2D eigenvalue weighted by atomic mass is 10.2. The number of hydrogen-bond acceptors (Lipinski definition) is 6. The summed E-state index contributed by atoms with van der Waals surface area (Å²) in [6, 6.07) is 19.6. The van der Waals surface area contributed by atoms with Crippen LogP contribution in [0.15, 0.2) is 91.3 Å². The Morgan fingerprint density at radius 3 is 2.65 bits per heavy atom. The third kappa shape index (κ3) is 4.62. The predicted octanol–water partition coefficient (Wildman–Crippen LogP) is 6.37. The Bertz CT molecular complexity index is 1120. The fourth-order valence-electron chi connectivity index (χ4n) is 3.77. The van der Waals surface area contributed by atoms with E-state index in [0.29, 0.717) is 10.7 Å². The van der Waals surface area contributed by atoms with Gasteiger partial charge in [0, 0.05) is 18.3 Å². The Morgan fingerprint density at radius 1 is 1.06 bits per heavy atom. The first kappa shape index (κ1) is 20.2. The quantitative estimate of drug-likeness (QED) is 0.425. The molecule has 31 heavy (non-hydrogen) atoms. The minimum Gasteiger partial charge on any atom is -0.450 e. The molecule has 2 aliphatic rings. The number of amides is 1. The average molecular weight is 448 g/mol. The summed E-state index contributed by atoms with van der Waals surface area (Å²) >= 11 is 2.88. The van der Waals surface area contributed by atoms with E-state index in [0.717, 1.165) is 46.7 Å². The SMILES string of the molecule is O=C1/C(=C/c2ccc(Sc3ccccn3)o2)SC(=Nc2ccccc2)N1C1CCCC1. The van der Waals surface area contributed by atoms with Crippen LogP contribution in [0.2, 0.25) is 0 Å². The molecule has 1 aromatic carbocycles. The number of furan rings is 1. The molecular weight excluding hydrogens is 426 g/mol. The van der Waals surface area contributed by atoms with Gasteiger partial charge in [-0.1, -0.05) is 37.1 Å². The number of pyridine rings is 1. The standard InChI is InChI=1S/C24H21N3O2S2/c28-23-20(16-19-13-14-22(29-19)31-21-12-6-7-15-25-21)30-24(26-17-8-2-1-3-9-17)27(23)18-10-4-5-11-18/h1-3,6-9,12-16,18H,4-5,10-11H2/b20-16-,26-24?. The molecule has 2 fully saturated rings. The molecule has 156 valence electrons.